The van der Waals surface area contributed by atoms with Crippen LogP contribution in [0.2, 0.25) is 10.0 Å². The molecule has 0 bridgehead atoms. The number of hydrogen-bond donors (Lipinski definition) is 0. The molecule has 30 nitrogen and oxygen atoms in total. The average Bonchev–Trinajstić information content (AvgIpc) is 1.53. The second-order valence-corrected chi connectivity index (χ2v) is 22.1. The lowest BCUT2D eigenvalue weighted by Crippen LogP contribution is -2.09. The van der Waals surface area contributed by atoms with Crippen molar-refractivity contribution in [1.29, 1.82) is 0 Å². The third-order valence-electron chi connectivity index (χ3n) is 14.0. The van der Waals surface area contributed by atoms with Crippen molar-refractivity contribution in [3.8, 4) is 0 Å². The summed E-state index contributed by atoms with van der Waals surface area (Å²) in [6, 6.07) is 28.5. The molecule has 12 aromatic rings. The molecule has 6 heterocycles. The molecule has 0 atom stereocenters. The van der Waals surface area contributed by atoms with Gasteiger partial charge in [0.15, 0.2) is 34.2 Å². The maximum Gasteiger partial charge on any atom is 0.360 e. The molecule has 572 valence electrons. The fourth-order valence-corrected chi connectivity index (χ4v) is 9.20. The van der Waals surface area contributed by atoms with Gasteiger partial charge in [-0.05, 0) is 84.8 Å². The fourth-order valence-electron chi connectivity index (χ4n) is 8.69. The number of carbonyl (C=O) groups is 6. The average molecular weight is 1560 g/mol. The highest BCUT2D eigenvalue weighted by Gasteiger charge is 2.21. The van der Waals surface area contributed by atoms with Crippen LogP contribution in [0.3, 0.4) is 0 Å². The van der Waals surface area contributed by atoms with Gasteiger partial charge in [0.2, 0.25) is 0 Å². The molecule has 6 aromatic carbocycles. The number of nitrogens with zero attached hydrogens (tertiary/aromatic N) is 18. The standard InChI is InChI=1S/C12H11F2N3O2.C11H9Cl2N3O2.3C11H9F2N3O2.C11H11N3O2.CH3F/c1-7-11(12(18)19-2)15-16-17(7)6-8-9(13)4-3-5-10(8)14;1-18-11(17)10-6-16(15-14-10)5-7-8(12)3-2-4-9(7)13;1-18-11(17)10-6-16(15-14-10)5-7-2-8(12)4-9(13)3-7;1-18-11(17)10-6-16(15-14-10)5-7-4-8(12)2-3-9(7)13;1-18-11(17)10-6-16(15-14-10)5-7-8(12)3-2-4-9(7)13;1-16-11(15)10-8-14(13-12-10)7-9-5-3-2-4-6-9;1-2/h3-5H,6H2,1-2H3;4*2-4,6H,5H2,1H3;2-6,8H,7H2,1H3;1H3. The second kappa shape index (κ2) is 42.2. The Hall–Kier alpha value is -13.1. The zero-order valence-corrected chi connectivity index (χ0v) is 59.8. The maximum absolute atomic E-state index is 13.5. The van der Waals surface area contributed by atoms with Crippen LogP contribution in [0.5, 0.6) is 0 Å². The third kappa shape index (κ3) is 25.3. The minimum atomic E-state index is -0.676. The van der Waals surface area contributed by atoms with Crippen LogP contribution in [0.4, 0.5) is 39.5 Å². The number of hydrogen-bond acceptors (Lipinski definition) is 24. The van der Waals surface area contributed by atoms with Crippen LogP contribution in [0.15, 0.2) is 152 Å². The first kappa shape index (κ1) is 84.9. The molecule has 109 heavy (non-hydrogen) atoms. The van der Waals surface area contributed by atoms with Gasteiger partial charge in [-0.2, -0.15) is 0 Å². The number of benzene rings is 6. The first-order valence-corrected chi connectivity index (χ1v) is 31.5. The molecule has 0 amide bonds. The van der Waals surface area contributed by atoms with Crippen LogP contribution >= 0.6 is 23.2 Å². The van der Waals surface area contributed by atoms with E-state index in [-0.39, 0.29) is 77.0 Å². The van der Waals surface area contributed by atoms with Gasteiger partial charge in [0.25, 0.3) is 0 Å². The minimum absolute atomic E-state index is 0.00862. The summed E-state index contributed by atoms with van der Waals surface area (Å²) in [7, 11) is 7.97. The Morgan fingerprint density at radius 3 is 1.08 bits per heavy atom. The number of aromatic nitrogens is 18. The highest BCUT2D eigenvalue weighted by molar-refractivity contribution is 6.36. The summed E-state index contributed by atoms with van der Waals surface area (Å²) in [5, 5.41) is 45.0. The first-order valence-electron chi connectivity index (χ1n) is 30.7. The van der Waals surface area contributed by atoms with Crippen molar-refractivity contribution < 1.29 is 96.7 Å². The van der Waals surface area contributed by atoms with Crippen molar-refractivity contribution >= 4 is 59.0 Å². The largest absolute Gasteiger partial charge is 0.464 e. The van der Waals surface area contributed by atoms with E-state index in [0.717, 1.165) is 64.3 Å². The molecular weight excluding hydrogens is 1500 g/mol. The predicted molar refractivity (Wildman–Crippen MR) is 363 cm³/mol. The highest BCUT2D eigenvalue weighted by Crippen LogP contribution is 2.25. The number of alkyl halides is 1. The van der Waals surface area contributed by atoms with Crippen molar-refractivity contribution in [2.45, 2.75) is 46.2 Å². The Balaban J connectivity index is 0.000000203. The van der Waals surface area contributed by atoms with Crippen LogP contribution in [-0.4, -0.2) is 176 Å². The topological polar surface area (TPSA) is 342 Å². The lowest BCUT2D eigenvalue weighted by Gasteiger charge is -2.06. The van der Waals surface area contributed by atoms with Crippen LogP contribution < -0.4 is 0 Å². The van der Waals surface area contributed by atoms with Gasteiger partial charge in [-0.25, -0.2) is 92.0 Å². The summed E-state index contributed by atoms with van der Waals surface area (Å²) < 4.78 is 150. The van der Waals surface area contributed by atoms with Crippen LogP contribution in [0, 0.1) is 53.5 Å². The van der Waals surface area contributed by atoms with E-state index in [4.69, 9.17) is 23.2 Å². The van der Waals surface area contributed by atoms with Gasteiger partial charge >= 0.3 is 35.8 Å². The van der Waals surface area contributed by atoms with E-state index < -0.39 is 82.4 Å². The molecule has 0 unspecified atom stereocenters. The van der Waals surface area contributed by atoms with Gasteiger partial charge < -0.3 is 28.4 Å². The molecule has 0 aliphatic heterocycles. The van der Waals surface area contributed by atoms with Gasteiger partial charge in [-0.3, -0.25) is 4.39 Å². The van der Waals surface area contributed by atoms with Gasteiger partial charge in [0, 0.05) is 38.4 Å². The van der Waals surface area contributed by atoms with Crippen molar-refractivity contribution in [1.82, 2.24) is 90.0 Å². The first-order chi connectivity index (χ1) is 52.2. The van der Waals surface area contributed by atoms with Gasteiger partial charge in [-0.1, -0.05) is 103 Å². The number of ether oxygens (including phenoxy) is 6. The van der Waals surface area contributed by atoms with Crippen molar-refractivity contribution in [2.24, 2.45) is 0 Å². The summed E-state index contributed by atoms with van der Waals surface area (Å²) in [6.45, 7) is 2.29. The summed E-state index contributed by atoms with van der Waals surface area (Å²) in [6.07, 6.45) is 6.95. The van der Waals surface area contributed by atoms with Crippen LogP contribution in [0.25, 0.3) is 0 Å². The fraction of sp³-hybridized carbons (Fsp3) is 0.206. The highest BCUT2D eigenvalue weighted by atomic mass is 35.5. The van der Waals surface area contributed by atoms with E-state index in [2.05, 4.69) is 90.3 Å². The molecule has 0 radical (unpaired) electrons. The monoisotopic (exact) mass is 1560 g/mol. The summed E-state index contributed by atoms with van der Waals surface area (Å²) >= 11 is 12.1. The lowest BCUT2D eigenvalue weighted by atomic mass is 10.2. The Bertz CT molecular complexity index is 4860. The van der Waals surface area contributed by atoms with E-state index in [1.54, 1.807) is 36.0 Å². The number of carbonyl (C=O) groups excluding carboxylic acids is 6. The van der Waals surface area contributed by atoms with Crippen molar-refractivity contribution in [3.05, 3.63) is 282 Å². The smallest absolute Gasteiger partial charge is 0.360 e. The zero-order chi connectivity index (χ0) is 79.9. The van der Waals surface area contributed by atoms with E-state index in [1.807, 2.05) is 30.3 Å². The summed E-state index contributed by atoms with van der Waals surface area (Å²) in [4.78, 5) is 67.1. The van der Waals surface area contributed by atoms with Gasteiger partial charge in [-0.15, -0.1) is 30.6 Å². The summed E-state index contributed by atoms with van der Waals surface area (Å²) in [5.74, 6) is -8.69. The van der Waals surface area contributed by atoms with Crippen molar-refractivity contribution in [2.75, 3.05) is 49.8 Å². The van der Waals surface area contributed by atoms with E-state index in [1.165, 1.54) is 110 Å². The molecule has 0 spiro atoms. The Morgan fingerprint density at radius 2 is 0.688 bits per heavy atom. The minimum Gasteiger partial charge on any atom is -0.464 e. The summed E-state index contributed by atoms with van der Waals surface area (Å²) in [5.41, 5.74) is 2.85. The third-order valence-corrected chi connectivity index (χ3v) is 14.7. The van der Waals surface area contributed by atoms with Gasteiger partial charge in [0.05, 0.1) is 126 Å². The SMILES string of the molecule is CF.COC(=O)c1cn(Cc2c(Cl)cccc2Cl)nn1.COC(=O)c1cn(Cc2c(F)cccc2F)nn1.COC(=O)c1cn(Cc2cc(F)cc(F)c2)nn1.COC(=O)c1cn(Cc2cc(F)ccc2F)nn1.COC(=O)c1cn(Cc2ccccc2)nn1.COC(=O)c1nnn(Cc2c(F)cccc2F)c1C. The molecule has 0 N–H and O–H groups in total. The molecule has 0 aliphatic carbocycles. The molecular formula is C68H61Cl2F9N18O12. The van der Waals surface area contributed by atoms with E-state index >= 15 is 0 Å². The molecule has 12 rings (SSSR count). The Morgan fingerprint density at radius 1 is 0.339 bits per heavy atom. The number of esters is 6. The van der Waals surface area contributed by atoms with Gasteiger partial charge in [0.1, 0.15) is 46.5 Å². The molecule has 0 fully saturated rings. The van der Waals surface area contributed by atoms with Crippen LogP contribution in [-0.2, 0) is 67.7 Å². The number of rotatable bonds is 18. The Kier molecular flexibility index (Phi) is 32.8. The molecule has 41 heteroatoms. The molecule has 0 saturated carbocycles. The molecule has 0 saturated heterocycles. The quantitative estimate of drug-likeness (QED) is 0.0438. The zero-order valence-electron chi connectivity index (χ0n) is 58.3. The lowest BCUT2D eigenvalue weighted by molar-refractivity contribution is 0.0584. The number of halogens is 11. The van der Waals surface area contributed by atoms with Crippen LogP contribution in [0.1, 0.15) is 102 Å². The molecule has 0 aliphatic rings. The van der Waals surface area contributed by atoms with E-state index in [0.29, 0.717) is 41.6 Å². The maximum atomic E-state index is 13.5. The van der Waals surface area contributed by atoms with Crippen molar-refractivity contribution in [3.63, 3.8) is 0 Å². The van der Waals surface area contributed by atoms with E-state index in [9.17, 15) is 68.3 Å². The Labute approximate surface area is 621 Å². The normalized spacial score (nSPS) is 10.2. The number of methoxy groups -OCH3 is 6. The second-order valence-electron chi connectivity index (χ2n) is 21.2. The predicted octanol–water partition coefficient (Wildman–Crippen LogP) is 9.99. The molecule has 6 aromatic heterocycles.